The van der Waals surface area contributed by atoms with Crippen LogP contribution in [-0.2, 0) is 6.42 Å². The molecule has 1 fully saturated rings. The van der Waals surface area contributed by atoms with E-state index in [1.807, 2.05) is 12.1 Å². The van der Waals surface area contributed by atoms with Crippen molar-refractivity contribution in [1.29, 1.82) is 0 Å². The Morgan fingerprint density at radius 3 is 2.43 bits per heavy atom. The van der Waals surface area contributed by atoms with Crippen molar-refractivity contribution < 1.29 is 5.11 Å². The maximum absolute atomic E-state index is 9.15. The Hall–Kier alpha value is -0.980. The zero-order valence-corrected chi connectivity index (χ0v) is 8.90. The average Bonchev–Trinajstić information content (AvgIpc) is 2.88. The Kier molecular flexibility index (Phi) is 2.49. The summed E-state index contributed by atoms with van der Waals surface area (Å²) in [6, 6.07) is 7.63. The second kappa shape index (κ2) is 3.64. The van der Waals surface area contributed by atoms with Crippen molar-refractivity contribution in [2.45, 2.75) is 26.7 Å². The molecule has 1 heteroatoms. The summed E-state index contributed by atoms with van der Waals surface area (Å²) in [5, 5.41) is 9.15. The predicted octanol–water partition coefficient (Wildman–Crippen LogP) is 3.23. The molecule has 1 aromatic rings. The first kappa shape index (κ1) is 9.57. The highest BCUT2D eigenvalue weighted by atomic mass is 16.3. The van der Waals surface area contributed by atoms with Gasteiger partial charge in [-0.2, -0.15) is 0 Å². The molecular weight excluding hydrogens is 172 g/mol. The first-order chi connectivity index (χ1) is 6.66. The monoisotopic (exact) mass is 190 g/mol. The maximum Gasteiger partial charge on any atom is 0.115 e. The van der Waals surface area contributed by atoms with Crippen molar-refractivity contribution >= 4 is 0 Å². The second-order valence-electron chi connectivity index (χ2n) is 4.77. The molecule has 0 aromatic heterocycles. The van der Waals surface area contributed by atoms with E-state index in [2.05, 4.69) is 13.8 Å². The third-order valence-electron chi connectivity index (χ3n) is 3.27. The molecule has 0 radical (unpaired) electrons. The lowest BCUT2D eigenvalue weighted by Crippen LogP contribution is -1.95. The van der Waals surface area contributed by atoms with Crippen molar-refractivity contribution in [3.8, 4) is 5.75 Å². The van der Waals surface area contributed by atoms with E-state index in [4.69, 9.17) is 5.11 Å². The van der Waals surface area contributed by atoms with Gasteiger partial charge in [0.25, 0.3) is 0 Å². The number of aromatic hydroxyl groups is 1. The van der Waals surface area contributed by atoms with Crippen LogP contribution in [0.5, 0.6) is 5.75 Å². The molecule has 0 bridgehead atoms. The highest BCUT2D eigenvalue weighted by Crippen LogP contribution is 2.46. The number of phenolic OH excluding ortho intramolecular Hbond substituents is 1. The lowest BCUT2D eigenvalue weighted by molar-refractivity contribution is 0.474. The number of phenols is 1. The Morgan fingerprint density at radius 1 is 1.29 bits per heavy atom. The molecular formula is C13H18O. The number of hydrogen-bond donors (Lipinski definition) is 1. The molecule has 1 saturated carbocycles. The van der Waals surface area contributed by atoms with E-state index in [0.29, 0.717) is 5.75 Å². The van der Waals surface area contributed by atoms with Gasteiger partial charge in [-0.05, 0) is 48.3 Å². The quantitative estimate of drug-likeness (QED) is 0.775. The first-order valence-corrected chi connectivity index (χ1v) is 5.44. The summed E-state index contributed by atoms with van der Waals surface area (Å²) in [5.41, 5.74) is 1.36. The van der Waals surface area contributed by atoms with E-state index in [1.54, 1.807) is 12.1 Å². The van der Waals surface area contributed by atoms with Gasteiger partial charge in [0.1, 0.15) is 5.75 Å². The van der Waals surface area contributed by atoms with E-state index in [-0.39, 0.29) is 0 Å². The van der Waals surface area contributed by atoms with Crippen LogP contribution < -0.4 is 0 Å². The summed E-state index contributed by atoms with van der Waals surface area (Å²) in [7, 11) is 0. The average molecular weight is 190 g/mol. The normalized spacial score (nSPS) is 25.4. The van der Waals surface area contributed by atoms with Crippen molar-refractivity contribution in [3.63, 3.8) is 0 Å². The van der Waals surface area contributed by atoms with Gasteiger partial charge < -0.3 is 5.11 Å². The van der Waals surface area contributed by atoms with E-state index in [1.165, 1.54) is 18.4 Å². The summed E-state index contributed by atoms with van der Waals surface area (Å²) in [5.74, 6) is 3.02. The van der Waals surface area contributed by atoms with Crippen LogP contribution in [0.2, 0.25) is 0 Å². The third kappa shape index (κ3) is 2.09. The van der Waals surface area contributed by atoms with Gasteiger partial charge in [0.2, 0.25) is 0 Å². The molecule has 1 aliphatic carbocycles. The van der Waals surface area contributed by atoms with Gasteiger partial charge in [0.15, 0.2) is 0 Å². The molecule has 1 nitrogen and oxygen atoms in total. The van der Waals surface area contributed by atoms with Crippen molar-refractivity contribution in [3.05, 3.63) is 29.8 Å². The largest absolute Gasteiger partial charge is 0.508 e. The predicted molar refractivity (Wildman–Crippen MR) is 58.2 cm³/mol. The van der Waals surface area contributed by atoms with Gasteiger partial charge in [-0.15, -0.1) is 0 Å². The lowest BCUT2D eigenvalue weighted by atomic mass is 10.0. The van der Waals surface area contributed by atoms with Crippen molar-refractivity contribution in [2.75, 3.05) is 0 Å². The number of rotatable bonds is 3. The SMILES string of the molecule is CC(C)C1CC1Cc1ccc(O)cc1. The van der Waals surface area contributed by atoms with E-state index >= 15 is 0 Å². The van der Waals surface area contributed by atoms with Gasteiger partial charge in [-0.25, -0.2) is 0 Å². The maximum atomic E-state index is 9.15. The Balaban J connectivity index is 1.90. The van der Waals surface area contributed by atoms with Crippen LogP contribution in [0.1, 0.15) is 25.8 Å². The molecule has 2 unspecified atom stereocenters. The van der Waals surface area contributed by atoms with Crippen LogP contribution >= 0.6 is 0 Å². The molecule has 0 heterocycles. The van der Waals surface area contributed by atoms with Crippen LogP contribution in [-0.4, -0.2) is 5.11 Å². The van der Waals surface area contributed by atoms with Gasteiger partial charge >= 0.3 is 0 Å². The molecule has 2 rings (SSSR count). The van der Waals surface area contributed by atoms with Crippen LogP contribution in [0.4, 0.5) is 0 Å². The highest BCUT2D eigenvalue weighted by molar-refractivity contribution is 5.26. The third-order valence-corrected chi connectivity index (χ3v) is 3.27. The molecule has 0 amide bonds. The zero-order valence-electron chi connectivity index (χ0n) is 8.90. The van der Waals surface area contributed by atoms with Crippen LogP contribution in [0.25, 0.3) is 0 Å². The molecule has 14 heavy (non-hydrogen) atoms. The summed E-state index contributed by atoms with van der Waals surface area (Å²) in [4.78, 5) is 0. The molecule has 0 saturated heterocycles. The summed E-state index contributed by atoms with van der Waals surface area (Å²) >= 11 is 0. The Morgan fingerprint density at radius 2 is 1.93 bits per heavy atom. The molecule has 2 atom stereocenters. The van der Waals surface area contributed by atoms with Crippen LogP contribution in [0, 0.1) is 17.8 Å². The molecule has 76 valence electrons. The van der Waals surface area contributed by atoms with Gasteiger partial charge in [0, 0.05) is 0 Å². The lowest BCUT2D eigenvalue weighted by Gasteiger charge is -2.03. The standard InChI is InChI=1S/C13H18O/c1-9(2)13-8-11(13)7-10-3-5-12(14)6-4-10/h3-6,9,11,13-14H,7-8H2,1-2H3. The molecule has 1 N–H and O–H groups in total. The van der Waals surface area contributed by atoms with Gasteiger partial charge in [0.05, 0.1) is 0 Å². The first-order valence-electron chi connectivity index (χ1n) is 5.44. The van der Waals surface area contributed by atoms with Gasteiger partial charge in [-0.3, -0.25) is 0 Å². The Bertz CT molecular complexity index is 300. The minimum absolute atomic E-state index is 0.366. The summed E-state index contributed by atoms with van der Waals surface area (Å²) in [6.45, 7) is 4.61. The minimum atomic E-state index is 0.366. The van der Waals surface area contributed by atoms with Crippen LogP contribution in [0.15, 0.2) is 24.3 Å². The number of hydrogen-bond acceptors (Lipinski definition) is 1. The van der Waals surface area contributed by atoms with Crippen molar-refractivity contribution in [1.82, 2.24) is 0 Å². The second-order valence-corrected chi connectivity index (χ2v) is 4.77. The van der Waals surface area contributed by atoms with E-state index in [9.17, 15) is 0 Å². The van der Waals surface area contributed by atoms with Gasteiger partial charge in [-0.1, -0.05) is 26.0 Å². The fourth-order valence-electron chi connectivity index (χ4n) is 2.26. The molecule has 1 aromatic carbocycles. The molecule has 0 spiro atoms. The minimum Gasteiger partial charge on any atom is -0.508 e. The van der Waals surface area contributed by atoms with Crippen LogP contribution in [0.3, 0.4) is 0 Å². The zero-order chi connectivity index (χ0) is 10.1. The molecule has 1 aliphatic rings. The Labute approximate surface area is 85.8 Å². The summed E-state index contributed by atoms with van der Waals surface area (Å²) in [6.07, 6.45) is 2.57. The topological polar surface area (TPSA) is 20.2 Å². The number of benzene rings is 1. The summed E-state index contributed by atoms with van der Waals surface area (Å²) < 4.78 is 0. The fraction of sp³-hybridized carbons (Fsp3) is 0.538. The van der Waals surface area contributed by atoms with Crippen molar-refractivity contribution in [2.24, 2.45) is 17.8 Å². The molecule has 0 aliphatic heterocycles. The highest BCUT2D eigenvalue weighted by Gasteiger charge is 2.38. The smallest absolute Gasteiger partial charge is 0.115 e. The van der Waals surface area contributed by atoms with E-state index in [0.717, 1.165) is 17.8 Å². The van der Waals surface area contributed by atoms with E-state index < -0.39 is 0 Å². The fourth-order valence-corrected chi connectivity index (χ4v) is 2.26.